The average molecular weight is 353 g/mol. The Hall–Kier alpha value is -2.60. The monoisotopic (exact) mass is 353 g/mol. The number of esters is 1. The van der Waals surface area contributed by atoms with Crippen LogP contribution in [0.15, 0.2) is 59.8 Å². The van der Waals surface area contributed by atoms with Gasteiger partial charge in [-0.2, -0.15) is 0 Å². The second kappa shape index (κ2) is 7.98. The van der Waals surface area contributed by atoms with Gasteiger partial charge in [-0.1, -0.05) is 54.2 Å². The molecular formula is C19H19N3O2S. The molecule has 6 heteroatoms. The molecule has 25 heavy (non-hydrogen) atoms. The fourth-order valence-corrected chi connectivity index (χ4v) is 3.25. The molecule has 128 valence electrons. The smallest absolute Gasteiger partial charge is 0.316 e. The van der Waals surface area contributed by atoms with Crippen LogP contribution in [-0.4, -0.2) is 33.1 Å². The Kier molecular flexibility index (Phi) is 5.50. The highest BCUT2D eigenvalue weighted by molar-refractivity contribution is 7.99. The largest absolute Gasteiger partial charge is 0.465 e. The zero-order valence-corrected chi connectivity index (χ0v) is 15.0. The summed E-state index contributed by atoms with van der Waals surface area (Å²) in [4.78, 5) is 11.7. The molecule has 0 spiro atoms. The fourth-order valence-electron chi connectivity index (χ4n) is 2.50. The van der Waals surface area contributed by atoms with E-state index in [4.69, 9.17) is 4.74 Å². The first-order chi connectivity index (χ1) is 12.2. The van der Waals surface area contributed by atoms with Crippen LogP contribution in [0.2, 0.25) is 0 Å². The molecule has 1 heterocycles. The maximum absolute atomic E-state index is 11.7. The van der Waals surface area contributed by atoms with Crippen molar-refractivity contribution >= 4 is 17.7 Å². The van der Waals surface area contributed by atoms with Crippen molar-refractivity contribution in [2.24, 2.45) is 0 Å². The predicted octanol–water partition coefficient (Wildman–Crippen LogP) is 3.90. The van der Waals surface area contributed by atoms with Gasteiger partial charge in [0.2, 0.25) is 0 Å². The summed E-state index contributed by atoms with van der Waals surface area (Å²) < 4.78 is 6.98. The van der Waals surface area contributed by atoms with Gasteiger partial charge in [-0.3, -0.25) is 9.36 Å². The number of aryl methyl sites for hydroxylation is 1. The molecule has 0 radical (unpaired) electrons. The van der Waals surface area contributed by atoms with Crippen LogP contribution in [0.1, 0.15) is 12.5 Å². The van der Waals surface area contributed by atoms with E-state index in [2.05, 4.69) is 10.2 Å². The molecule has 0 bridgehead atoms. The van der Waals surface area contributed by atoms with Crippen molar-refractivity contribution in [3.63, 3.8) is 0 Å². The third-order valence-electron chi connectivity index (χ3n) is 3.66. The van der Waals surface area contributed by atoms with E-state index in [-0.39, 0.29) is 11.7 Å². The van der Waals surface area contributed by atoms with Crippen LogP contribution in [0.25, 0.3) is 17.1 Å². The number of hydrogen-bond donors (Lipinski definition) is 0. The molecular weight excluding hydrogens is 334 g/mol. The van der Waals surface area contributed by atoms with Crippen LogP contribution in [0.5, 0.6) is 0 Å². The van der Waals surface area contributed by atoms with Gasteiger partial charge in [0.25, 0.3) is 0 Å². The highest BCUT2D eigenvalue weighted by Crippen LogP contribution is 2.29. The summed E-state index contributed by atoms with van der Waals surface area (Å²) in [5.41, 5.74) is 3.09. The summed E-state index contributed by atoms with van der Waals surface area (Å²) in [6.45, 7) is 4.22. The summed E-state index contributed by atoms with van der Waals surface area (Å²) in [7, 11) is 0. The van der Waals surface area contributed by atoms with Gasteiger partial charge in [0.1, 0.15) is 0 Å². The number of aromatic nitrogens is 3. The minimum atomic E-state index is -0.257. The second-order valence-electron chi connectivity index (χ2n) is 5.39. The number of para-hydroxylation sites is 1. The quantitative estimate of drug-likeness (QED) is 0.497. The fraction of sp³-hybridized carbons (Fsp3) is 0.211. The minimum absolute atomic E-state index is 0.201. The van der Waals surface area contributed by atoms with Crippen LogP contribution >= 0.6 is 11.8 Å². The lowest BCUT2D eigenvalue weighted by Gasteiger charge is -2.11. The maximum atomic E-state index is 11.7. The van der Waals surface area contributed by atoms with Crippen LogP contribution in [-0.2, 0) is 9.53 Å². The SMILES string of the molecule is CCOC(=O)CSc1nnc(-c2ccccc2C)n1-c1ccccc1. The first kappa shape index (κ1) is 17.2. The standard InChI is InChI=1S/C19H19N3O2S/c1-3-24-17(23)13-25-19-21-20-18(16-12-8-7-9-14(16)2)22(19)15-10-5-4-6-11-15/h4-12H,3,13H2,1-2H3. The molecule has 1 aromatic heterocycles. The first-order valence-corrected chi connectivity index (χ1v) is 9.04. The van der Waals surface area contributed by atoms with Crippen molar-refractivity contribution in [3.05, 3.63) is 60.2 Å². The minimum Gasteiger partial charge on any atom is -0.465 e. The number of ether oxygens (including phenoxy) is 1. The highest BCUT2D eigenvalue weighted by Gasteiger charge is 2.18. The molecule has 5 nitrogen and oxygen atoms in total. The van der Waals surface area contributed by atoms with E-state index >= 15 is 0 Å². The van der Waals surface area contributed by atoms with Gasteiger partial charge in [0.05, 0.1) is 12.4 Å². The van der Waals surface area contributed by atoms with E-state index in [0.717, 1.165) is 22.6 Å². The van der Waals surface area contributed by atoms with Crippen molar-refractivity contribution < 1.29 is 9.53 Å². The molecule has 2 aromatic carbocycles. The van der Waals surface area contributed by atoms with Gasteiger partial charge in [-0.15, -0.1) is 10.2 Å². The van der Waals surface area contributed by atoms with Gasteiger partial charge in [-0.05, 0) is 31.5 Å². The summed E-state index contributed by atoms with van der Waals surface area (Å²) in [6, 6.07) is 18.0. The van der Waals surface area contributed by atoms with Gasteiger partial charge >= 0.3 is 5.97 Å². The zero-order chi connectivity index (χ0) is 17.6. The summed E-state index contributed by atoms with van der Waals surface area (Å²) in [5, 5.41) is 9.36. The molecule has 3 aromatic rings. The molecule has 0 amide bonds. The number of nitrogens with zero attached hydrogens (tertiary/aromatic N) is 3. The van der Waals surface area contributed by atoms with E-state index in [1.807, 2.05) is 66.1 Å². The van der Waals surface area contributed by atoms with Crippen LogP contribution < -0.4 is 0 Å². The Morgan fingerprint density at radius 3 is 2.52 bits per heavy atom. The molecule has 0 unspecified atom stereocenters. The van der Waals surface area contributed by atoms with Crippen LogP contribution in [0.3, 0.4) is 0 Å². The highest BCUT2D eigenvalue weighted by atomic mass is 32.2. The number of benzene rings is 2. The lowest BCUT2D eigenvalue weighted by molar-refractivity contribution is -0.139. The summed E-state index contributed by atoms with van der Waals surface area (Å²) in [6.07, 6.45) is 0. The van der Waals surface area contributed by atoms with Gasteiger partial charge in [-0.25, -0.2) is 0 Å². The van der Waals surface area contributed by atoms with Crippen molar-refractivity contribution in [1.82, 2.24) is 14.8 Å². The second-order valence-corrected chi connectivity index (χ2v) is 6.33. The molecule has 0 atom stereocenters. The third kappa shape index (κ3) is 3.91. The Balaban J connectivity index is 2.02. The van der Waals surface area contributed by atoms with Crippen LogP contribution in [0, 0.1) is 6.92 Å². The Labute approximate surface area is 151 Å². The molecule has 0 fully saturated rings. The topological polar surface area (TPSA) is 57.0 Å². The number of carbonyl (C=O) groups excluding carboxylic acids is 1. The molecule has 0 saturated heterocycles. The molecule has 0 aliphatic carbocycles. The molecule has 3 rings (SSSR count). The lowest BCUT2D eigenvalue weighted by Crippen LogP contribution is -2.08. The van der Waals surface area contributed by atoms with Crippen molar-refractivity contribution in [2.75, 3.05) is 12.4 Å². The Bertz CT molecular complexity index is 862. The van der Waals surface area contributed by atoms with E-state index in [1.54, 1.807) is 6.92 Å². The normalized spacial score (nSPS) is 10.6. The molecule has 0 aliphatic heterocycles. The average Bonchev–Trinajstić information content (AvgIpc) is 3.05. The van der Waals surface area contributed by atoms with E-state index in [9.17, 15) is 4.79 Å². The van der Waals surface area contributed by atoms with E-state index in [0.29, 0.717) is 11.8 Å². The van der Waals surface area contributed by atoms with Crippen molar-refractivity contribution in [3.8, 4) is 17.1 Å². The Morgan fingerprint density at radius 2 is 1.80 bits per heavy atom. The molecule has 0 saturated carbocycles. The number of carbonyl (C=O) groups is 1. The summed E-state index contributed by atoms with van der Waals surface area (Å²) >= 11 is 1.33. The van der Waals surface area contributed by atoms with Crippen LogP contribution in [0.4, 0.5) is 0 Å². The predicted molar refractivity (Wildman–Crippen MR) is 98.9 cm³/mol. The molecule has 0 N–H and O–H groups in total. The summed E-state index contributed by atoms with van der Waals surface area (Å²) in [5.74, 6) is 0.704. The zero-order valence-electron chi connectivity index (χ0n) is 14.2. The van der Waals surface area contributed by atoms with Crippen molar-refractivity contribution in [2.45, 2.75) is 19.0 Å². The maximum Gasteiger partial charge on any atom is 0.316 e. The number of hydrogen-bond acceptors (Lipinski definition) is 5. The number of thioether (sulfide) groups is 1. The molecule has 0 aliphatic rings. The van der Waals surface area contributed by atoms with Gasteiger partial charge in [0.15, 0.2) is 11.0 Å². The van der Waals surface area contributed by atoms with Gasteiger partial charge in [0, 0.05) is 11.3 Å². The third-order valence-corrected chi connectivity index (χ3v) is 4.56. The van der Waals surface area contributed by atoms with Crippen molar-refractivity contribution in [1.29, 1.82) is 0 Å². The van der Waals surface area contributed by atoms with Gasteiger partial charge < -0.3 is 4.74 Å². The van der Waals surface area contributed by atoms with E-state index < -0.39 is 0 Å². The lowest BCUT2D eigenvalue weighted by atomic mass is 10.1. The first-order valence-electron chi connectivity index (χ1n) is 8.06. The number of rotatable bonds is 6. The Morgan fingerprint density at radius 1 is 1.08 bits per heavy atom. The van der Waals surface area contributed by atoms with E-state index in [1.165, 1.54) is 11.8 Å².